The van der Waals surface area contributed by atoms with E-state index in [4.69, 9.17) is 0 Å². The van der Waals surface area contributed by atoms with E-state index in [1.807, 2.05) is 0 Å². The number of nitrogens with one attached hydrogen (secondary N) is 1. The summed E-state index contributed by atoms with van der Waals surface area (Å²) in [6, 6.07) is 8.37. The number of thiophene rings is 1. The number of carbonyl (C=O) groups is 2. The second-order valence-corrected chi connectivity index (χ2v) is 7.49. The van der Waals surface area contributed by atoms with Gasteiger partial charge >= 0.3 is 5.97 Å². The number of benzene rings is 1. The zero-order valence-corrected chi connectivity index (χ0v) is 15.4. The number of carboxylic acids is 1. The lowest BCUT2D eigenvalue weighted by atomic mass is 10.1. The van der Waals surface area contributed by atoms with Crippen molar-refractivity contribution >= 4 is 39.0 Å². The van der Waals surface area contributed by atoms with Crippen LogP contribution >= 0.6 is 11.3 Å². The van der Waals surface area contributed by atoms with Gasteiger partial charge in [-0.05, 0) is 30.9 Å². The monoisotopic (exact) mass is 394 g/mol. The highest BCUT2D eigenvalue weighted by molar-refractivity contribution is 7.16. The molecule has 1 aromatic carbocycles. The number of carbonyl (C=O) groups excluding carboxylic acids is 1. The fourth-order valence-corrected chi connectivity index (χ4v) is 4.67. The fourth-order valence-electron chi connectivity index (χ4n) is 3.41. The Balaban J connectivity index is 1.67. The van der Waals surface area contributed by atoms with Gasteiger partial charge in [-0.1, -0.05) is 18.2 Å². The second-order valence-electron chi connectivity index (χ2n) is 6.38. The van der Waals surface area contributed by atoms with Crippen molar-refractivity contribution in [3.05, 3.63) is 56.3 Å². The number of rotatable bonds is 4. The smallest absolute Gasteiger partial charge is 0.357 e. The van der Waals surface area contributed by atoms with Crippen molar-refractivity contribution in [1.29, 1.82) is 5.26 Å². The first-order valence-corrected chi connectivity index (χ1v) is 9.39. The molecular formula is C19H14N4O4S. The molecule has 4 rings (SSSR count). The van der Waals surface area contributed by atoms with E-state index in [1.54, 1.807) is 12.1 Å². The first kappa shape index (κ1) is 17.9. The SMILES string of the molecule is N#Cc1c(NC(=O)Cn2nc(C(=O)O)c3ccccc3c2=O)sc2c1CCC2. The number of nitrogens with zero attached hydrogens (tertiary/aromatic N) is 3. The van der Waals surface area contributed by atoms with Gasteiger partial charge < -0.3 is 10.4 Å². The molecule has 2 aromatic heterocycles. The molecule has 3 aromatic rings. The summed E-state index contributed by atoms with van der Waals surface area (Å²) in [6.45, 7) is -0.447. The van der Waals surface area contributed by atoms with Gasteiger partial charge in [-0.15, -0.1) is 11.3 Å². The highest BCUT2D eigenvalue weighted by Gasteiger charge is 2.23. The van der Waals surface area contributed by atoms with Crippen LogP contribution in [0.5, 0.6) is 0 Å². The van der Waals surface area contributed by atoms with Gasteiger partial charge in [-0.3, -0.25) is 9.59 Å². The van der Waals surface area contributed by atoms with Crippen LogP contribution in [0.1, 0.15) is 32.9 Å². The first-order chi connectivity index (χ1) is 13.5. The predicted molar refractivity (Wildman–Crippen MR) is 103 cm³/mol. The number of anilines is 1. The minimum Gasteiger partial charge on any atom is -0.476 e. The third-order valence-corrected chi connectivity index (χ3v) is 5.86. The number of amides is 1. The highest BCUT2D eigenvalue weighted by atomic mass is 32.1. The number of aromatic carboxylic acids is 1. The molecule has 0 atom stereocenters. The summed E-state index contributed by atoms with van der Waals surface area (Å²) in [6.07, 6.45) is 2.70. The molecule has 2 heterocycles. The lowest BCUT2D eigenvalue weighted by Gasteiger charge is -2.09. The van der Waals surface area contributed by atoms with Crippen LogP contribution in [-0.2, 0) is 24.2 Å². The molecule has 1 aliphatic rings. The van der Waals surface area contributed by atoms with E-state index in [0.29, 0.717) is 10.6 Å². The van der Waals surface area contributed by atoms with Gasteiger partial charge in [0, 0.05) is 10.3 Å². The zero-order valence-electron chi connectivity index (χ0n) is 14.6. The summed E-state index contributed by atoms with van der Waals surface area (Å²) in [5.74, 6) is -1.83. The van der Waals surface area contributed by atoms with Crippen molar-refractivity contribution in [2.45, 2.75) is 25.8 Å². The maximum atomic E-state index is 12.6. The molecule has 0 fully saturated rings. The van der Waals surface area contributed by atoms with E-state index in [1.165, 1.54) is 23.5 Å². The maximum Gasteiger partial charge on any atom is 0.357 e. The van der Waals surface area contributed by atoms with E-state index in [0.717, 1.165) is 34.4 Å². The molecule has 0 unspecified atom stereocenters. The molecule has 1 amide bonds. The van der Waals surface area contributed by atoms with Gasteiger partial charge in [0.1, 0.15) is 17.6 Å². The van der Waals surface area contributed by atoms with Gasteiger partial charge in [0.05, 0.1) is 10.9 Å². The van der Waals surface area contributed by atoms with Gasteiger partial charge in [-0.2, -0.15) is 10.4 Å². The van der Waals surface area contributed by atoms with Crippen LogP contribution in [0.2, 0.25) is 0 Å². The summed E-state index contributed by atoms with van der Waals surface area (Å²) in [5, 5.41) is 26.2. The molecule has 0 saturated heterocycles. The normalized spacial score (nSPS) is 12.5. The Kier molecular flexibility index (Phi) is 4.41. The maximum absolute atomic E-state index is 12.6. The summed E-state index contributed by atoms with van der Waals surface area (Å²) < 4.78 is 0.842. The van der Waals surface area contributed by atoms with Crippen LogP contribution in [-0.4, -0.2) is 26.8 Å². The van der Waals surface area contributed by atoms with Crippen molar-refractivity contribution < 1.29 is 14.7 Å². The minimum absolute atomic E-state index is 0.176. The quantitative estimate of drug-likeness (QED) is 0.698. The molecule has 28 heavy (non-hydrogen) atoms. The first-order valence-electron chi connectivity index (χ1n) is 8.57. The zero-order chi connectivity index (χ0) is 19.8. The number of hydrogen-bond acceptors (Lipinski definition) is 6. The van der Waals surface area contributed by atoms with Gasteiger partial charge in [0.25, 0.3) is 5.56 Å². The van der Waals surface area contributed by atoms with Crippen molar-refractivity contribution in [3.63, 3.8) is 0 Å². The summed E-state index contributed by atoms with van der Waals surface area (Å²) >= 11 is 1.37. The molecule has 2 N–H and O–H groups in total. The van der Waals surface area contributed by atoms with Crippen LogP contribution in [0.25, 0.3) is 10.8 Å². The van der Waals surface area contributed by atoms with E-state index >= 15 is 0 Å². The molecule has 1 aliphatic carbocycles. The van der Waals surface area contributed by atoms with Gasteiger partial charge in [0.2, 0.25) is 5.91 Å². The Labute approximate surface area is 162 Å². The Bertz CT molecular complexity index is 1240. The molecule has 140 valence electrons. The van der Waals surface area contributed by atoms with Crippen molar-refractivity contribution in [2.75, 3.05) is 5.32 Å². The van der Waals surface area contributed by atoms with Gasteiger partial charge in [-0.25, -0.2) is 9.48 Å². The summed E-state index contributed by atoms with van der Waals surface area (Å²) in [7, 11) is 0. The van der Waals surface area contributed by atoms with Crippen molar-refractivity contribution in [2.24, 2.45) is 0 Å². The average molecular weight is 394 g/mol. The summed E-state index contributed by atoms with van der Waals surface area (Å²) in [4.78, 5) is 37.7. The van der Waals surface area contributed by atoms with Crippen LogP contribution < -0.4 is 10.9 Å². The molecule has 0 radical (unpaired) electrons. The number of fused-ring (bicyclic) bond motifs is 2. The Morgan fingerprint density at radius 2 is 2.04 bits per heavy atom. The van der Waals surface area contributed by atoms with Crippen LogP contribution in [0.15, 0.2) is 29.1 Å². The molecular weight excluding hydrogens is 380 g/mol. The van der Waals surface area contributed by atoms with Crippen LogP contribution in [0, 0.1) is 11.3 Å². The van der Waals surface area contributed by atoms with Crippen LogP contribution in [0.3, 0.4) is 0 Å². The number of hydrogen-bond donors (Lipinski definition) is 2. The largest absolute Gasteiger partial charge is 0.476 e. The Morgan fingerprint density at radius 3 is 2.75 bits per heavy atom. The third kappa shape index (κ3) is 2.93. The highest BCUT2D eigenvalue weighted by Crippen LogP contribution is 2.38. The van der Waals surface area contributed by atoms with E-state index in [-0.39, 0.29) is 16.5 Å². The molecule has 0 aliphatic heterocycles. The van der Waals surface area contributed by atoms with Crippen LogP contribution in [0.4, 0.5) is 5.00 Å². The Hall–Kier alpha value is -3.51. The van der Waals surface area contributed by atoms with Crippen molar-refractivity contribution in [1.82, 2.24) is 9.78 Å². The minimum atomic E-state index is -1.29. The second kappa shape index (κ2) is 6.90. The third-order valence-electron chi connectivity index (χ3n) is 4.65. The average Bonchev–Trinajstić information content (AvgIpc) is 3.24. The predicted octanol–water partition coefficient (Wildman–Crippen LogP) is 2.16. The molecule has 0 bridgehead atoms. The topological polar surface area (TPSA) is 125 Å². The van der Waals surface area contributed by atoms with Gasteiger partial charge in [0.15, 0.2) is 5.69 Å². The molecule has 0 saturated carbocycles. The standard InChI is InChI=1S/C19H14N4O4S/c20-8-13-10-6-3-7-14(10)28-17(13)21-15(24)9-23-18(25)12-5-2-1-4-11(12)16(22-23)19(26)27/h1-2,4-5H,3,6-7,9H2,(H,21,24)(H,26,27). The van der Waals surface area contributed by atoms with E-state index < -0.39 is 24.0 Å². The summed E-state index contributed by atoms with van der Waals surface area (Å²) in [5.41, 5.74) is 0.605. The van der Waals surface area contributed by atoms with Crippen molar-refractivity contribution in [3.8, 4) is 6.07 Å². The molecule has 0 spiro atoms. The fraction of sp³-hybridized carbons (Fsp3) is 0.211. The Morgan fingerprint density at radius 1 is 1.29 bits per heavy atom. The lowest BCUT2D eigenvalue weighted by molar-refractivity contribution is -0.117. The number of aryl methyl sites for hydroxylation is 1. The van der Waals surface area contributed by atoms with E-state index in [2.05, 4.69) is 16.5 Å². The number of aromatic nitrogens is 2. The van der Waals surface area contributed by atoms with E-state index in [9.17, 15) is 24.8 Å². The number of nitriles is 1. The molecule has 8 nitrogen and oxygen atoms in total. The number of carboxylic acid groups (broad SMARTS) is 1. The molecule has 9 heteroatoms. The lowest BCUT2D eigenvalue weighted by Crippen LogP contribution is -2.31.